The molecule has 9 heteroatoms. The fourth-order valence-corrected chi connectivity index (χ4v) is 5.04. The zero-order valence-corrected chi connectivity index (χ0v) is 23.5. The Morgan fingerprint density at radius 2 is 1.73 bits per heavy atom. The van der Waals surface area contributed by atoms with Gasteiger partial charge in [0.25, 0.3) is 5.91 Å². The minimum Gasteiger partial charge on any atom is -0.463 e. The van der Waals surface area contributed by atoms with Crippen molar-refractivity contribution in [2.24, 2.45) is 5.92 Å². The van der Waals surface area contributed by atoms with Crippen LogP contribution in [0.3, 0.4) is 0 Å². The molecule has 0 heterocycles. The molecule has 0 unspecified atom stereocenters. The van der Waals surface area contributed by atoms with Crippen LogP contribution in [0, 0.1) is 5.92 Å². The molecule has 1 saturated carbocycles. The highest BCUT2D eigenvalue weighted by molar-refractivity contribution is 5.99. The van der Waals surface area contributed by atoms with E-state index in [1.807, 2.05) is 36.4 Å². The van der Waals surface area contributed by atoms with Crippen molar-refractivity contribution in [3.05, 3.63) is 67.8 Å². The lowest BCUT2D eigenvalue weighted by molar-refractivity contribution is -0.146. The Hall–Kier alpha value is -3.98. The Kier molecular flexibility index (Phi) is 12.1. The molecule has 0 bridgehead atoms. The molecule has 1 aliphatic rings. The highest BCUT2D eigenvalue weighted by Crippen LogP contribution is 2.29. The predicted molar refractivity (Wildman–Crippen MR) is 159 cm³/mol. The lowest BCUT2D eigenvalue weighted by atomic mass is 9.95. The number of aliphatic hydroxyl groups is 1. The normalized spacial score (nSPS) is 15.3. The number of allylic oxidation sites excluding steroid dienone is 2. The summed E-state index contributed by atoms with van der Waals surface area (Å²) >= 11 is 0. The zero-order valence-electron chi connectivity index (χ0n) is 23.5. The minimum atomic E-state index is -1.19. The molecule has 0 saturated heterocycles. The largest absolute Gasteiger partial charge is 0.463 e. The summed E-state index contributed by atoms with van der Waals surface area (Å²) in [6.07, 6.45) is 7.88. The first kappa shape index (κ1) is 31.5. The van der Waals surface area contributed by atoms with Crippen molar-refractivity contribution >= 4 is 40.2 Å². The summed E-state index contributed by atoms with van der Waals surface area (Å²) in [6.45, 7) is 6.82. The van der Waals surface area contributed by atoms with Crippen LogP contribution in [0.2, 0.25) is 0 Å². The average molecular weight is 564 g/mol. The third kappa shape index (κ3) is 9.56. The molecule has 3 rings (SSSR count). The number of rotatable bonds is 16. The van der Waals surface area contributed by atoms with Gasteiger partial charge in [0.1, 0.15) is 12.6 Å². The molecule has 0 aliphatic heterocycles. The van der Waals surface area contributed by atoms with E-state index in [0.717, 1.165) is 23.6 Å². The minimum absolute atomic E-state index is 0.139. The maximum absolute atomic E-state index is 13.3. The van der Waals surface area contributed by atoms with E-state index < -0.39 is 35.3 Å². The standard InChI is InChI=1S/C32H41N3O6/c1-3-5-6-14-29(38)41-21-27(31(40)33-26-16-15-23-12-7-8-13-24(23)19-26)34-30(39)25(11-4-2)20-28(37)35-32(22-36)17-9-10-18-32/h3-4,7-8,12-13,15-16,19,25,27,36H,1-2,5-6,9-11,14,17-18,20-22H2,(H,33,40)(H,34,39)(H,35,37)/t25-,27-/m0/s1. The number of esters is 1. The van der Waals surface area contributed by atoms with Crippen LogP contribution in [0.5, 0.6) is 0 Å². The summed E-state index contributed by atoms with van der Waals surface area (Å²) < 4.78 is 5.34. The van der Waals surface area contributed by atoms with Gasteiger partial charge >= 0.3 is 5.97 Å². The summed E-state index contributed by atoms with van der Waals surface area (Å²) in [5.41, 5.74) is -0.132. The van der Waals surface area contributed by atoms with Gasteiger partial charge in [0.15, 0.2) is 0 Å². The highest BCUT2D eigenvalue weighted by Gasteiger charge is 2.36. The van der Waals surface area contributed by atoms with Crippen LogP contribution in [-0.4, -0.2) is 53.6 Å². The number of benzene rings is 2. The van der Waals surface area contributed by atoms with E-state index in [9.17, 15) is 24.3 Å². The van der Waals surface area contributed by atoms with Crippen molar-refractivity contribution < 1.29 is 29.0 Å². The number of ether oxygens (including phenoxy) is 1. The third-order valence-corrected chi connectivity index (χ3v) is 7.37. The van der Waals surface area contributed by atoms with Crippen LogP contribution in [0.15, 0.2) is 67.8 Å². The van der Waals surface area contributed by atoms with Gasteiger partial charge in [-0.25, -0.2) is 0 Å². The third-order valence-electron chi connectivity index (χ3n) is 7.37. The average Bonchev–Trinajstić information content (AvgIpc) is 3.43. The van der Waals surface area contributed by atoms with Gasteiger partial charge in [0.05, 0.1) is 18.1 Å². The van der Waals surface area contributed by atoms with Gasteiger partial charge in [0.2, 0.25) is 11.8 Å². The van der Waals surface area contributed by atoms with Crippen molar-refractivity contribution in [1.82, 2.24) is 10.6 Å². The molecule has 0 aromatic heterocycles. The van der Waals surface area contributed by atoms with Crippen molar-refractivity contribution in [1.29, 1.82) is 0 Å². The maximum Gasteiger partial charge on any atom is 0.305 e. The molecule has 9 nitrogen and oxygen atoms in total. The quantitative estimate of drug-likeness (QED) is 0.138. The second-order valence-electron chi connectivity index (χ2n) is 10.6. The summed E-state index contributed by atoms with van der Waals surface area (Å²) in [7, 11) is 0. The maximum atomic E-state index is 13.3. The van der Waals surface area contributed by atoms with Crippen LogP contribution in [0.4, 0.5) is 5.69 Å². The molecule has 4 N–H and O–H groups in total. The number of amides is 3. The number of hydrogen-bond donors (Lipinski definition) is 4. The zero-order chi connectivity index (χ0) is 29.7. The molecule has 41 heavy (non-hydrogen) atoms. The Morgan fingerprint density at radius 1 is 1.00 bits per heavy atom. The SMILES string of the molecule is C=CCCCC(=O)OC[C@H](NC(=O)[C@@H](CC=C)CC(=O)NC1(CO)CCCC1)C(=O)Nc1ccc2ccccc2c1. The summed E-state index contributed by atoms with van der Waals surface area (Å²) in [4.78, 5) is 51.8. The molecule has 2 atom stereocenters. The topological polar surface area (TPSA) is 134 Å². The first-order chi connectivity index (χ1) is 19.8. The van der Waals surface area contributed by atoms with E-state index in [2.05, 4.69) is 29.1 Å². The van der Waals surface area contributed by atoms with Crippen molar-refractivity contribution in [3.8, 4) is 0 Å². The van der Waals surface area contributed by atoms with Gasteiger partial charge in [-0.2, -0.15) is 0 Å². The number of aliphatic hydroxyl groups excluding tert-OH is 1. The van der Waals surface area contributed by atoms with Gasteiger partial charge in [0, 0.05) is 18.5 Å². The molecule has 0 radical (unpaired) electrons. The lowest BCUT2D eigenvalue weighted by Gasteiger charge is -2.29. The van der Waals surface area contributed by atoms with Gasteiger partial charge < -0.3 is 25.8 Å². The van der Waals surface area contributed by atoms with Crippen molar-refractivity contribution in [2.45, 2.75) is 69.4 Å². The van der Waals surface area contributed by atoms with Crippen molar-refractivity contribution in [2.75, 3.05) is 18.5 Å². The Bertz CT molecular complexity index is 1240. The molecule has 3 amide bonds. The summed E-state index contributed by atoms with van der Waals surface area (Å²) in [5, 5.41) is 20.2. The number of anilines is 1. The highest BCUT2D eigenvalue weighted by atomic mass is 16.5. The molecule has 220 valence electrons. The van der Waals surface area contributed by atoms with Gasteiger partial charge in [-0.3, -0.25) is 19.2 Å². The number of carbonyl (C=O) groups excluding carboxylic acids is 4. The number of carbonyl (C=O) groups is 4. The van der Waals surface area contributed by atoms with Crippen LogP contribution in [-0.2, 0) is 23.9 Å². The molecular formula is C32H41N3O6. The molecule has 2 aromatic carbocycles. The fraction of sp³-hybridized carbons (Fsp3) is 0.438. The van der Waals surface area contributed by atoms with Crippen LogP contribution in [0.1, 0.15) is 57.8 Å². The van der Waals surface area contributed by atoms with Crippen molar-refractivity contribution in [3.63, 3.8) is 0 Å². The predicted octanol–water partition coefficient (Wildman–Crippen LogP) is 4.17. The van der Waals surface area contributed by atoms with E-state index in [4.69, 9.17) is 4.74 Å². The van der Waals surface area contributed by atoms with Crippen LogP contribution in [0.25, 0.3) is 10.8 Å². The van der Waals surface area contributed by atoms with E-state index in [0.29, 0.717) is 31.4 Å². The van der Waals surface area contributed by atoms with Gasteiger partial charge in [-0.15, -0.1) is 13.2 Å². The number of unbranched alkanes of at least 4 members (excludes halogenated alkanes) is 1. The van der Waals surface area contributed by atoms with E-state index in [1.165, 1.54) is 0 Å². The Morgan fingerprint density at radius 3 is 2.41 bits per heavy atom. The Balaban J connectivity index is 1.70. The molecule has 1 aliphatic carbocycles. The van der Waals surface area contributed by atoms with Crippen LogP contribution < -0.4 is 16.0 Å². The second-order valence-corrected chi connectivity index (χ2v) is 10.6. The Labute approximate surface area is 241 Å². The monoisotopic (exact) mass is 563 g/mol. The summed E-state index contributed by atoms with van der Waals surface area (Å²) in [5.74, 6) is -2.74. The smallest absolute Gasteiger partial charge is 0.305 e. The second kappa shape index (κ2) is 15.7. The summed E-state index contributed by atoms with van der Waals surface area (Å²) in [6, 6.07) is 12.0. The van der Waals surface area contributed by atoms with E-state index >= 15 is 0 Å². The first-order valence-electron chi connectivity index (χ1n) is 14.2. The lowest BCUT2D eigenvalue weighted by Crippen LogP contribution is -2.51. The molecule has 0 spiro atoms. The number of nitrogens with one attached hydrogen (secondary N) is 3. The molecule has 2 aromatic rings. The first-order valence-corrected chi connectivity index (χ1v) is 14.2. The van der Waals surface area contributed by atoms with E-state index in [1.54, 1.807) is 18.2 Å². The van der Waals surface area contributed by atoms with E-state index in [-0.39, 0.29) is 38.4 Å². The fourth-order valence-electron chi connectivity index (χ4n) is 5.04. The number of hydrogen-bond acceptors (Lipinski definition) is 6. The van der Waals surface area contributed by atoms with Crippen LogP contribution >= 0.6 is 0 Å². The number of fused-ring (bicyclic) bond motifs is 1. The molecular weight excluding hydrogens is 522 g/mol. The molecule has 1 fully saturated rings. The van der Waals surface area contributed by atoms with Gasteiger partial charge in [-0.05, 0) is 55.0 Å². The van der Waals surface area contributed by atoms with Gasteiger partial charge in [-0.1, -0.05) is 55.3 Å².